The first-order valence-corrected chi connectivity index (χ1v) is 7.16. The molecule has 1 atom stereocenters. The van der Waals surface area contributed by atoms with E-state index in [0.717, 1.165) is 28.0 Å². The lowest BCUT2D eigenvalue weighted by atomic mass is 10.1. The van der Waals surface area contributed by atoms with Gasteiger partial charge in [0.05, 0.1) is 16.8 Å². The van der Waals surface area contributed by atoms with Gasteiger partial charge in [-0.15, -0.1) is 0 Å². The van der Waals surface area contributed by atoms with Crippen molar-refractivity contribution in [2.24, 2.45) is 0 Å². The predicted octanol–water partition coefficient (Wildman–Crippen LogP) is 2.15. The second-order valence-corrected chi connectivity index (χ2v) is 5.39. The number of hydrogen-bond acceptors (Lipinski definition) is 5. The summed E-state index contributed by atoms with van der Waals surface area (Å²) < 4.78 is 13.6. The van der Waals surface area contributed by atoms with Gasteiger partial charge in [-0.3, -0.25) is 0 Å². The molecule has 0 saturated carbocycles. The summed E-state index contributed by atoms with van der Waals surface area (Å²) in [6.07, 6.45) is 4.99. The number of rotatable bonds is 2. The van der Waals surface area contributed by atoms with E-state index >= 15 is 0 Å². The van der Waals surface area contributed by atoms with Crippen LogP contribution >= 0.6 is 0 Å². The topological polar surface area (TPSA) is 83.7 Å². The second kappa shape index (κ2) is 4.94. The van der Waals surface area contributed by atoms with E-state index in [2.05, 4.69) is 24.8 Å². The summed E-state index contributed by atoms with van der Waals surface area (Å²) >= 11 is 0. The third-order valence-electron chi connectivity index (χ3n) is 3.97. The Balaban J connectivity index is 1.90. The van der Waals surface area contributed by atoms with E-state index in [1.165, 1.54) is 0 Å². The summed E-state index contributed by atoms with van der Waals surface area (Å²) in [4.78, 5) is 17.7. The number of fused-ring (bicyclic) bond motifs is 1. The SMILES string of the molecule is Nc1nccc(-c2c[nH]c3nccc(N4CCC(F)C4)c23)n1. The molecule has 22 heavy (non-hydrogen) atoms. The van der Waals surface area contributed by atoms with Crippen LogP contribution in [0.4, 0.5) is 16.0 Å². The number of aromatic nitrogens is 4. The van der Waals surface area contributed by atoms with Gasteiger partial charge in [-0.1, -0.05) is 0 Å². The second-order valence-electron chi connectivity index (χ2n) is 5.39. The molecule has 1 aliphatic heterocycles. The van der Waals surface area contributed by atoms with Crippen molar-refractivity contribution in [2.75, 3.05) is 23.7 Å². The van der Waals surface area contributed by atoms with E-state index in [1.807, 2.05) is 12.3 Å². The fourth-order valence-electron chi connectivity index (χ4n) is 2.97. The predicted molar refractivity (Wildman–Crippen MR) is 83.3 cm³/mol. The third kappa shape index (κ3) is 2.05. The van der Waals surface area contributed by atoms with Gasteiger partial charge in [-0.05, 0) is 18.6 Å². The number of nitrogens with zero attached hydrogens (tertiary/aromatic N) is 4. The van der Waals surface area contributed by atoms with Crippen LogP contribution in [0.25, 0.3) is 22.3 Å². The van der Waals surface area contributed by atoms with Gasteiger partial charge in [0, 0.05) is 37.2 Å². The van der Waals surface area contributed by atoms with E-state index in [4.69, 9.17) is 5.73 Å². The van der Waals surface area contributed by atoms with Crippen molar-refractivity contribution < 1.29 is 4.39 Å². The van der Waals surface area contributed by atoms with Crippen molar-refractivity contribution in [3.05, 3.63) is 30.7 Å². The molecule has 1 fully saturated rings. The summed E-state index contributed by atoms with van der Waals surface area (Å²) in [5, 5.41) is 0.940. The summed E-state index contributed by atoms with van der Waals surface area (Å²) in [5.74, 6) is 0.224. The van der Waals surface area contributed by atoms with Crippen LogP contribution in [0.3, 0.4) is 0 Å². The lowest BCUT2D eigenvalue weighted by Gasteiger charge is -2.19. The first-order chi connectivity index (χ1) is 10.7. The van der Waals surface area contributed by atoms with E-state index in [9.17, 15) is 4.39 Å². The highest BCUT2D eigenvalue weighted by molar-refractivity contribution is 6.02. The highest BCUT2D eigenvalue weighted by Gasteiger charge is 2.25. The Hall–Kier alpha value is -2.70. The molecule has 3 N–H and O–H groups in total. The lowest BCUT2D eigenvalue weighted by Crippen LogP contribution is -2.20. The molecule has 0 spiro atoms. The van der Waals surface area contributed by atoms with Gasteiger partial charge in [-0.25, -0.2) is 19.3 Å². The van der Waals surface area contributed by atoms with Crippen molar-refractivity contribution in [2.45, 2.75) is 12.6 Å². The van der Waals surface area contributed by atoms with E-state index in [0.29, 0.717) is 19.5 Å². The normalized spacial score (nSPS) is 18.2. The van der Waals surface area contributed by atoms with Crippen LogP contribution in [0.1, 0.15) is 6.42 Å². The van der Waals surface area contributed by atoms with Crippen LogP contribution < -0.4 is 10.6 Å². The van der Waals surface area contributed by atoms with Gasteiger partial charge in [0.25, 0.3) is 0 Å². The molecular weight excluding hydrogens is 283 g/mol. The number of H-pyrrole nitrogens is 1. The van der Waals surface area contributed by atoms with Gasteiger partial charge in [0.15, 0.2) is 0 Å². The van der Waals surface area contributed by atoms with Crippen LogP contribution in [0.15, 0.2) is 30.7 Å². The molecule has 6 nitrogen and oxygen atoms in total. The third-order valence-corrected chi connectivity index (χ3v) is 3.97. The summed E-state index contributed by atoms with van der Waals surface area (Å²) in [6.45, 7) is 1.12. The number of pyridine rings is 1. The minimum absolute atomic E-state index is 0.224. The maximum absolute atomic E-state index is 13.6. The number of halogens is 1. The standard InChI is InChI=1S/C15H15FN6/c16-9-3-6-22(8-9)12-2-5-18-14-13(12)10(7-20-14)11-1-4-19-15(17)21-11/h1-2,4-5,7,9H,3,6,8H2,(H,18,20)(H2,17,19,21). The molecule has 3 aromatic rings. The molecule has 4 rings (SSSR count). The molecule has 1 saturated heterocycles. The lowest BCUT2D eigenvalue weighted by molar-refractivity contribution is 0.364. The fourth-order valence-corrected chi connectivity index (χ4v) is 2.97. The molecule has 7 heteroatoms. The number of hydrogen-bond donors (Lipinski definition) is 2. The van der Waals surface area contributed by atoms with E-state index in [-0.39, 0.29) is 5.95 Å². The van der Waals surface area contributed by atoms with Crippen molar-refractivity contribution in [3.63, 3.8) is 0 Å². The molecule has 0 amide bonds. The fraction of sp³-hybridized carbons (Fsp3) is 0.267. The highest BCUT2D eigenvalue weighted by Crippen LogP contribution is 2.35. The van der Waals surface area contributed by atoms with Gasteiger partial charge >= 0.3 is 0 Å². The molecule has 0 aromatic carbocycles. The Morgan fingerprint density at radius 2 is 2.14 bits per heavy atom. The molecule has 112 valence electrons. The van der Waals surface area contributed by atoms with Crippen molar-refractivity contribution in [1.29, 1.82) is 0 Å². The molecular formula is C15H15FN6. The maximum Gasteiger partial charge on any atom is 0.220 e. The van der Waals surface area contributed by atoms with E-state index in [1.54, 1.807) is 18.5 Å². The number of alkyl halides is 1. The zero-order valence-corrected chi connectivity index (χ0v) is 11.8. The number of aromatic amines is 1. The summed E-state index contributed by atoms with van der Waals surface area (Å²) in [6, 6.07) is 3.72. The number of nitrogens with two attached hydrogens (primary N) is 1. The van der Waals surface area contributed by atoms with Gasteiger partial charge in [-0.2, -0.15) is 0 Å². The average Bonchev–Trinajstić information content (AvgIpc) is 3.13. The first-order valence-electron chi connectivity index (χ1n) is 7.16. The molecule has 1 unspecified atom stereocenters. The van der Waals surface area contributed by atoms with Crippen LogP contribution in [0.5, 0.6) is 0 Å². The van der Waals surface area contributed by atoms with Gasteiger partial charge in [0.1, 0.15) is 11.8 Å². The first kappa shape index (κ1) is 13.0. The zero-order chi connectivity index (χ0) is 15.1. The van der Waals surface area contributed by atoms with Crippen LogP contribution in [-0.2, 0) is 0 Å². The Labute approximate surface area is 126 Å². The molecule has 0 radical (unpaired) electrons. The number of nitrogen functional groups attached to an aromatic ring is 1. The molecule has 3 aromatic heterocycles. The number of nitrogens with one attached hydrogen (secondary N) is 1. The average molecular weight is 298 g/mol. The number of anilines is 2. The van der Waals surface area contributed by atoms with Crippen LogP contribution in [0.2, 0.25) is 0 Å². The Morgan fingerprint density at radius 1 is 1.27 bits per heavy atom. The van der Waals surface area contributed by atoms with Crippen molar-refractivity contribution in [3.8, 4) is 11.3 Å². The van der Waals surface area contributed by atoms with Crippen molar-refractivity contribution in [1.82, 2.24) is 19.9 Å². The highest BCUT2D eigenvalue weighted by atomic mass is 19.1. The van der Waals surface area contributed by atoms with Crippen molar-refractivity contribution >= 4 is 22.7 Å². The monoisotopic (exact) mass is 298 g/mol. The Kier molecular flexibility index (Phi) is 2.92. The molecule has 4 heterocycles. The Bertz CT molecular complexity index is 830. The molecule has 0 bridgehead atoms. The van der Waals surface area contributed by atoms with Crippen LogP contribution in [-0.4, -0.2) is 39.2 Å². The van der Waals surface area contributed by atoms with Gasteiger partial charge < -0.3 is 15.6 Å². The quantitative estimate of drug-likeness (QED) is 0.757. The smallest absolute Gasteiger partial charge is 0.220 e. The van der Waals surface area contributed by atoms with Gasteiger partial charge in [0.2, 0.25) is 5.95 Å². The maximum atomic E-state index is 13.6. The minimum atomic E-state index is -0.777. The summed E-state index contributed by atoms with van der Waals surface area (Å²) in [7, 11) is 0. The van der Waals surface area contributed by atoms with E-state index < -0.39 is 6.17 Å². The Morgan fingerprint density at radius 3 is 2.91 bits per heavy atom. The largest absolute Gasteiger partial charge is 0.368 e. The minimum Gasteiger partial charge on any atom is -0.368 e. The molecule has 1 aliphatic rings. The van der Waals surface area contributed by atoms with Crippen LogP contribution in [0, 0.1) is 0 Å². The summed E-state index contributed by atoms with van der Waals surface area (Å²) in [5.41, 5.74) is 9.03. The molecule has 0 aliphatic carbocycles. The zero-order valence-electron chi connectivity index (χ0n) is 11.8.